The van der Waals surface area contributed by atoms with Gasteiger partial charge in [0, 0.05) is 12.6 Å². The molecule has 0 saturated heterocycles. The number of hydrogen-bond acceptors (Lipinski definition) is 2. The van der Waals surface area contributed by atoms with Gasteiger partial charge < -0.3 is 10.5 Å². The number of rotatable bonds is 5. The van der Waals surface area contributed by atoms with Crippen molar-refractivity contribution in [3.8, 4) is 0 Å². The molecule has 2 N–H and O–H groups in total. The molecule has 0 heterocycles. The van der Waals surface area contributed by atoms with Gasteiger partial charge in [-0.25, -0.2) is 4.39 Å². The SMILES string of the molecule is CCOC(C)C(N)Cc1ccc(F)c(Cl)c1. The molecule has 2 nitrogen and oxygen atoms in total. The molecule has 2 atom stereocenters. The Hall–Kier alpha value is -0.640. The second-order valence-corrected chi connectivity index (χ2v) is 4.18. The first-order valence-corrected chi connectivity index (χ1v) is 5.73. The van der Waals surface area contributed by atoms with Crippen LogP contribution in [0.25, 0.3) is 0 Å². The quantitative estimate of drug-likeness (QED) is 0.866. The molecule has 0 aliphatic heterocycles. The van der Waals surface area contributed by atoms with Crippen LogP contribution in [-0.4, -0.2) is 18.8 Å². The minimum absolute atomic E-state index is 0.0196. The Labute approximate surface area is 101 Å². The Morgan fingerprint density at radius 1 is 1.50 bits per heavy atom. The maximum Gasteiger partial charge on any atom is 0.141 e. The number of ether oxygens (including phenoxy) is 1. The van der Waals surface area contributed by atoms with Crippen molar-refractivity contribution >= 4 is 11.6 Å². The fourth-order valence-corrected chi connectivity index (χ4v) is 1.69. The summed E-state index contributed by atoms with van der Waals surface area (Å²) in [4.78, 5) is 0. The predicted molar refractivity (Wildman–Crippen MR) is 64.2 cm³/mol. The lowest BCUT2D eigenvalue weighted by molar-refractivity contribution is 0.0577. The molecule has 90 valence electrons. The van der Waals surface area contributed by atoms with Gasteiger partial charge in [0.1, 0.15) is 5.82 Å². The van der Waals surface area contributed by atoms with Crippen molar-refractivity contribution < 1.29 is 9.13 Å². The Balaban J connectivity index is 2.62. The lowest BCUT2D eigenvalue weighted by atomic mass is 10.0. The van der Waals surface area contributed by atoms with Gasteiger partial charge >= 0.3 is 0 Å². The molecule has 0 saturated carbocycles. The molecule has 0 amide bonds. The molecular formula is C12H17ClFNO. The minimum Gasteiger partial charge on any atom is -0.377 e. The standard InChI is InChI=1S/C12H17ClFNO/c1-3-16-8(2)12(15)7-9-4-5-11(14)10(13)6-9/h4-6,8,12H,3,7,15H2,1-2H3. The van der Waals surface area contributed by atoms with Crippen molar-refractivity contribution in [3.63, 3.8) is 0 Å². The van der Waals surface area contributed by atoms with E-state index in [0.717, 1.165) is 5.56 Å². The highest BCUT2D eigenvalue weighted by Crippen LogP contribution is 2.17. The van der Waals surface area contributed by atoms with Crippen LogP contribution in [-0.2, 0) is 11.2 Å². The zero-order valence-corrected chi connectivity index (χ0v) is 10.3. The van der Waals surface area contributed by atoms with E-state index in [1.54, 1.807) is 12.1 Å². The molecule has 1 aromatic carbocycles. The topological polar surface area (TPSA) is 35.2 Å². The lowest BCUT2D eigenvalue weighted by Gasteiger charge is -2.19. The summed E-state index contributed by atoms with van der Waals surface area (Å²) in [5, 5.41) is 0.133. The summed E-state index contributed by atoms with van der Waals surface area (Å²) in [6.45, 7) is 4.50. The van der Waals surface area contributed by atoms with Crippen molar-refractivity contribution in [3.05, 3.63) is 34.6 Å². The highest BCUT2D eigenvalue weighted by molar-refractivity contribution is 6.30. The molecule has 1 rings (SSSR count). The number of nitrogens with two attached hydrogens (primary N) is 1. The molecule has 0 aliphatic rings. The Bertz CT molecular complexity index is 346. The van der Waals surface area contributed by atoms with Crippen molar-refractivity contribution in [1.29, 1.82) is 0 Å². The smallest absolute Gasteiger partial charge is 0.141 e. The molecule has 2 unspecified atom stereocenters. The molecule has 16 heavy (non-hydrogen) atoms. The average Bonchev–Trinajstić information content (AvgIpc) is 2.24. The summed E-state index contributed by atoms with van der Waals surface area (Å²) in [5.74, 6) is -0.406. The third kappa shape index (κ3) is 3.74. The Kier molecular flexibility index (Phi) is 5.19. The van der Waals surface area contributed by atoms with E-state index in [9.17, 15) is 4.39 Å². The van der Waals surface area contributed by atoms with Crippen LogP contribution >= 0.6 is 11.6 Å². The minimum atomic E-state index is -0.406. The zero-order chi connectivity index (χ0) is 12.1. The van der Waals surface area contributed by atoms with E-state index in [4.69, 9.17) is 22.1 Å². The molecule has 4 heteroatoms. The molecule has 0 bridgehead atoms. The van der Waals surface area contributed by atoms with Crippen LogP contribution in [0.15, 0.2) is 18.2 Å². The lowest BCUT2D eigenvalue weighted by Crippen LogP contribution is -2.36. The summed E-state index contributed by atoms with van der Waals surface area (Å²) in [7, 11) is 0. The molecular weight excluding hydrogens is 229 g/mol. The molecule has 0 spiro atoms. The molecule has 0 radical (unpaired) electrons. The molecule has 1 aromatic rings. The van der Waals surface area contributed by atoms with Gasteiger partial charge in [-0.15, -0.1) is 0 Å². The maximum absolute atomic E-state index is 12.9. The monoisotopic (exact) mass is 245 g/mol. The van der Waals surface area contributed by atoms with Gasteiger partial charge in [-0.2, -0.15) is 0 Å². The van der Waals surface area contributed by atoms with Crippen molar-refractivity contribution in [2.24, 2.45) is 5.73 Å². The van der Waals surface area contributed by atoms with E-state index in [2.05, 4.69) is 0 Å². The van der Waals surface area contributed by atoms with Crippen LogP contribution in [0.4, 0.5) is 4.39 Å². The number of halogens is 2. The Morgan fingerprint density at radius 3 is 2.75 bits per heavy atom. The van der Waals surface area contributed by atoms with Crippen LogP contribution in [0.2, 0.25) is 5.02 Å². The van der Waals surface area contributed by atoms with Crippen molar-refractivity contribution in [1.82, 2.24) is 0 Å². The van der Waals surface area contributed by atoms with E-state index >= 15 is 0 Å². The summed E-state index contributed by atoms with van der Waals surface area (Å²) in [6, 6.07) is 4.55. The van der Waals surface area contributed by atoms with Crippen LogP contribution in [0.3, 0.4) is 0 Å². The highest BCUT2D eigenvalue weighted by atomic mass is 35.5. The summed E-state index contributed by atoms with van der Waals surface area (Å²) in [5.41, 5.74) is 6.88. The normalized spacial score (nSPS) is 14.8. The maximum atomic E-state index is 12.9. The van der Waals surface area contributed by atoms with E-state index < -0.39 is 5.82 Å². The van der Waals surface area contributed by atoms with Gasteiger partial charge in [0.25, 0.3) is 0 Å². The Morgan fingerprint density at radius 2 is 2.19 bits per heavy atom. The largest absolute Gasteiger partial charge is 0.377 e. The van der Waals surface area contributed by atoms with Gasteiger partial charge in [-0.05, 0) is 38.0 Å². The molecule has 0 aromatic heterocycles. The van der Waals surface area contributed by atoms with Crippen LogP contribution in [0.1, 0.15) is 19.4 Å². The molecule has 0 fully saturated rings. The van der Waals surface area contributed by atoms with Crippen LogP contribution < -0.4 is 5.73 Å². The van der Waals surface area contributed by atoms with Crippen molar-refractivity contribution in [2.45, 2.75) is 32.4 Å². The predicted octanol–water partition coefficient (Wildman–Crippen LogP) is 2.77. The first kappa shape index (κ1) is 13.4. The number of hydrogen-bond donors (Lipinski definition) is 1. The van der Waals surface area contributed by atoms with Gasteiger partial charge in [0.2, 0.25) is 0 Å². The molecule has 0 aliphatic carbocycles. The van der Waals surface area contributed by atoms with E-state index in [1.165, 1.54) is 6.07 Å². The third-order valence-corrected chi connectivity index (χ3v) is 2.78. The van der Waals surface area contributed by atoms with E-state index in [1.807, 2.05) is 13.8 Å². The second kappa shape index (κ2) is 6.18. The fraction of sp³-hybridized carbons (Fsp3) is 0.500. The van der Waals surface area contributed by atoms with E-state index in [-0.39, 0.29) is 17.2 Å². The van der Waals surface area contributed by atoms with Crippen molar-refractivity contribution in [2.75, 3.05) is 6.61 Å². The van der Waals surface area contributed by atoms with Crippen LogP contribution in [0, 0.1) is 5.82 Å². The summed E-state index contributed by atoms with van der Waals surface area (Å²) in [6.07, 6.45) is 0.607. The van der Waals surface area contributed by atoms with Gasteiger partial charge in [-0.1, -0.05) is 17.7 Å². The van der Waals surface area contributed by atoms with E-state index in [0.29, 0.717) is 13.0 Å². The van der Waals surface area contributed by atoms with Gasteiger partial charge in [-0.3, -0.25) is 0 Å². The van der Waals surface area contributed by atoms with Crippen LogP contribution in [0.5, 0.6) is 0 Å². The summed E-state index contributed by atoms with van der Waals surface area (Å²) < 4.78 is 18.3. The number of benzene rings is 1. The average molecular weight is 246 g/mol. The zero-order valence-electron chi connectivity index (χ0n) is 9.54. The summed E-state index contributed by atoms with van der Waals surface area (Å²) >= 11 is 5.69. The first-order valence-electron chi connectivity index (χ1n) is 5.35. The van der Waals surface area contributed by atoms with Gasteiger partial charge in [0.05, 0.1) is 11.1 Å². The first-order chi connectivity index (χ1) is 7.54. The third-order valence-electron chi connectivity index (χ3n) is 2.49. The second-order valence-electron chi connectivity index (χ2n) is 3.78. The highest BCUT2D eigenvalue weighted by Gasteiger charge is 2.13. The van der Waals surface area contributed by atoms with Gasteiger partial charge in [0.15, 0.2) is 0 Å². The fourth-order valence-electron chi connectivity index (χ4n) is 1.49.